The van der Waals surface area contributed by atoms with Crippen LogP contribution in [-0.4, -0.2) is 9.55 Å². The second kappa shape index (κ2) is 12.0. The van der Waals surface area contributed by atoms with Crippen molar-refractivity contribution >= 4 is 55.1 Å². The minimum Gasteiger partial charge on any atom is -0.509 e. The van der Waals surface area contributed by atoms with Gasteiger partial charge in [-0.3, -0.25) is 0 Å². The van der Waals surface area contributed by atoms with Gasteiger partial charge in [0.05, 0.1) is 0 Å². The maximum absolute atomic E-state index is 6.59. The Kier molecular flexibility index (Phi) is 7.57. The number of para-hydroxylation sites is 3. The van der Waals surface area contributed by atoms with Crippen LogP contribution in [0.4, 0.5) is 11.4 Å². The smallest absolute Gasteiger partial charge is 0.140 e. The normalized spacial score (nSPS) is 13.2. The van der Waals surface area contributed by atoms with Gasteiger partial charge >= 0.3 is 0 Å². The molecule has 1 aliphatic heterocycles. The van der Waals surface area contributed by atoms with E-state index in [9.17, 15) is 0 Å². The summed E-state index contributed by atoms with van der Waals surface area (Å²) >= 11 is 0. The van der Waals surface area contributed by atoms with Gasteiger partial charge in [-0.1, -0.05) is 80.9 Å². The minimum absolute atomic E-state index is 0. The Hall–Kier alpha value is -5.32. The molecule has 0 aliphatic carbocycles. The number of fused-ring (bicyclic) bond motifs is 6. The molecule has 0 amide bonds. The van der Waals surface area contributed by atoms with Gasteiger partial charge in [-0.15, -0.1) is 53.6 Å². The number of hydrogen-bond donors (Lipinski definition) is 0. The van der Waals surface area contributed by atoms with E-state index in [0.29, 0.717) is 11.5 Å². The van der Waals surface area contributed by atoms with E-state index in [1.54, 1.807) is 0 Å². The van der Waals surface area contributed by atoms with Crippen LogP contribution in [0, 0.1) is 18.8 Å². The molecule has 1 aliphatic rings. The van der Waals surface area contributed by atoms with Gasteiger partial charge < -0.3 is 23.5 Å². The van der Waals surface area contributed by atoms with E-state index in [0.717, 1.165) is 66.5 Å². The average molecular weight is 819 g/mol. The number of rotatable bonds is 5. The van der Waals surface area contributed by atoms with Crippen LogP contribution >= 0.6 is 0 Å². The molecule has 0 spiro atoms. The summed E-state index contributed by atoms with van der Waals surface area (Å²) in [5, 5.41) is 4.23. The molecule has 0 unspecified atom stereocenters. The van der Waals surface area contributed by atoms with E-state index >= 15 is 0 Å². The van der Waals surface area contributed by atoms with E-state index in [1.807, 2.05) is 73.2 Å². The number of hydrogen-bond acceptors (Lipinski definition) is 5. The molecule has 0 bridgehead atoms. The van der Waals surface area contributed by atoms with E-state index < -0.39 is 0 Å². The maximum Gasteiger partial charge on any atom is 0.140 e. The molecule has 5 aromatic carbocycles. The molecule has 0 saturated heterocycles. The SMILES string of the molecule is CC(C)(C)c1cc(Oc2[c-]c3c(cc2)c2ccccc2n3-c2cc3oc4ccccc4c3cn2)[c-]c(N2C=CN(c3ccccc3)[CH-]2)c1.[Pt]. The van der Waals surface area contributed by atoms with Gasteiger partial charge in [0.15, 0.2) is 0 Å². The third-order valence-corrected chi connectivity index (χ3v) is 8.92. The molecule has 6 nitrogen and oxygen atoms in total. The van der Waals surface area contributed by atoms with E-state index in [2.05, 4.69) is 109 Å². The minimum atomic E-state index is -0.106. The predicted molar refractivity (Wildman–Crippen MR) is 194 cm³/mol. The van der Waals surface area contributed by atoms with Gasteiger partial charge in [-0.2, -0.15) is 6.07 Å². The molecule has 4 heterocycles. The van der Waals surface area contributed by atoms with Crippen molar-refractivity contribution in [2.75, 3.05) is 9.80 Å². The molecular formula is C42H31N4O2Pt-3. The van der Waals surface area contributed by atoms with E-state index in [1.165, 1.54) is 0 Å². The van der Waals surface area contributed by atoms with Crippen molar-refractivity contribution < 1.29 is 30.2 Å². The zero-order valence-electron chi connectivity index (χ0n) is 27.1. The topological polar surface area (TPSA) is 46.7 Å². The third-order valence-electron chi connectivity index (χ3n) is 8.92. The molecule has 8 aromatic rings. The van der Waals surface area contributed by atoms with Gasteiger partial charge in [-0.25, -0.2) is 4.98 Å². The van der Waals surface area contributed by atoms with Crippen LogP contribution in [-0.2, 0) is 26.5 Å². The first-order valence-electron chi connectivity index (χ1n) is 16.0. The average Bonchev–Trinajstić information content (AvgIpc) is 3.82. The number of ether oxygens (including phenoxy) is 1. The first-order valence-corrected chi connectivity index (χ1v) is 16.0. The van der Waals surface area contributed by atoms with Gasteiger partial charge in [0.25, 0.3) is 0 Å². The van der Waals surface area contributed by atoms with Crippen LogP contribution in [0.25, 0.3) is 49.6 Å². The van der Waals surface area contributed by atoms with Crippen LogP contribution < -0.4 is 14.5 Å². The monoisotopic (exact) mass is 818 g/mol. The third kappa shape index (κ3) is 5.46. The number of benzene rings is 5. The first-order chi connectivity index (χ1) is 23.4. The number of anilines is 2. The molecule has 0 saturated carbocycles. The number of pyridine rings is 1. The number of aromatic nitrogens is 2. The van der Waals surface area contributed by atoms with Gasteiger partial charge in [-0.05, 0) is 47.5 Å². The van der Waals surface area contributed by atoms with Crippen molar-refractivity contribution in [3.63, 3.8) is 0 Å². The molecule has 49 heavy (non-hydrogen) atoms. The summed E-state index contributed by atoms with van der Waals surface area (Å²) in [6.45, 7) is 8.67. The van der Waals surface area contributed by atoms with Crippen molar-refractivity contribution in [3.05, 3.63) is 152 Å². The van der Waals surface area contributed by atoms with Gasteiger partial charge in [0.1, 0.15) is 17.0 Å². The molecule has 0 fully saturated rings. The molecule has 9 rings (SSSR count). The molecule has 0 radical (unpaired) electrons. The summed E-state index contributed by atoms with van der Waals surface area (Å²) in [6, 6.07) is 44.1. The summed E-state index contributed by atoms with van der Waals surface area (Å²) < 4.78 is 15.0. The Labute approximate surface area is 299 Å². The van der Waals surface area contributed by atoms with Crippen LogP contribution in [0.1, 0.15) is 26.3 Å². The Morgan fingerprint density at radius 1 is 0.694 bits per heavy atom. The van der Waals surface area contributed by atoms with E-state index in [4.69, 9.17) is 14.1 Å². The van der Waals surface area contributed by atoms with Crippen LogP contribution in [0.5, 0.6) is 11.5 Å². The Morgan fingerprint density at radius 3 is 2.29 bits per heavy atom. The van der Waals surface area contributed by atoms with Gasteiger partial charge in [0.2, 0.25) is 0 Å². The molecule has 7 heteroatoms. The van der Waals surface area contributed by atoms with Gasteiger partial charge in [0, 0.05) is 66.8 Å². The fourth-order valence-electron chi connectivity index (χ4n) is 6.43. The molecule has 0 N–H and O–H groups in total. The Bertz CT molecular complexity index is 2530. The summed E-state index contributed by atoms with van der Waals surface area (Å²) in [6.07, 6.45) is 5.98. The molecule has 3 aromatic heterocycles. The van der Waals surface area contributed by atoms with Crippen molar-refractivity contribution in [1.29, 1.82) is 0 Å². The number of nitrogens with zero attached hydrogens (tertiary/aromatic N) is 4. The zero-order valence-corrected chi connectivity index (χ0v) is 29.4. The quantitative estimate of drug-likeness (QED) is 0.162. The maximum atomic E-state index is 6.59. The van der Waals surface area contributed by atoms with E-state index in [-0.39, 0.29) is 26.5 Å². The second-order valence-corrected chi connectivity index (χ2v) is 13.1. The second-order valence-electron chi connectivity index (χ2n) is 13.1. The fourth-order valence-corrected chi connectivity index (χ4v) is 6.43. The van der Waals surface area contributed by atoms with Crippen LogP contribution in [0.15, 0.2) is 132 Å². The Morgan fingerprint density at radius 2 is 1.45 bits per heavy atom. The van der Waals surface area contributed by atoms with Crippen molar-refractivity contribution in [2.45, 2.75) is 26.2 Å². The summed E-state index contributed by atoms with van der Waals surface area (Å²) in [4.78, 5) is 9.09. The van der Waals surface area contributed by atoms with Crippen LogP contribution in [0.3, 0.4) is 0 Å². The first kappa shape index (κ1) is 31.0. The molecule has 244 valence electrons. The van der Waals surface area contributed by atoms with Crippen molar-refractivity contribution in [1.82, 2.24) is 9.55 Å². The van der Waals surface area contributed by atoms with Crippen molar-refractivity contribution in [2.24, 2.45) is 0 Å². The summed E-state index contributed by atoms with van der Waals surface area (Å²) in [5.74, 6) is 1.97. The zero-order chi connectivity index (χ0) is 32.4. The van der Waals surface area contributed by atoms with Crippen LogP contribution in [0.2, 0.25) is 0 Å². The molecule has 0 atom stereocenters. The summed E-state index contributed by atoms with van der Waals surface area (Å²) in [7, 11) is 0. The standard InChI is InChI=1S/C42H31N4O2.Pt/c1-42(2,3)28-21-30(45-20-19-44(27-45)29-11-5-4-6-12-29)23-32(22-28)47-31-17-18-34-33-13-7-9-15-37(33)46(38(34)24-31)41-25-40-36(26-43-41)35-14-8-10-16-39(35)48-40;/h4-22,25-27H,1-3H3;/q-3;. The van der Waals surface area contributed by atoms with Crippen molar-refractivity contribution in [3.8, 4) is 17.3 Å². The molecular weight excluding hydrogens is 788 g/mol. The summed E-state index contributed by atoms with van der Waals surface area (Å²) in [5.41, 5.74) is 6.57. The fraction of sp³-hybridized carbons (Fsp3) is 0.0952. The predicted octanol–water partition coefficient (Wildman–Crippen LogP) is 10.7. The largest absolute Gasteiger partial charge is 0.509 e. The number of furan rings is 1. The Balaban J connectivity index is 0.00000348.